The lowest BCUT2D eigenvalue weighted by Crippen LogP contribution is -2.48. The zero-order chi connectivity index (χ0) is 18.8. The molecule has 0 radical (unpaired) electrons. The van der Waals surface area contributed by atoms with E-state index in [1.807, 2.05) is 23.1 Å². The number of piperidine rings is 1. The number of fused-ring (bicyclic) bond motifs is 1. The Morgan fingerprint density at radius 1 is 1.19 bits per heavy atom. The highest BCUT2D eigenvalue weighted by atomic mass is 32.2. The van der Waals surface area contributed by atoms with Crippen LogP contribution in [0, 0.1) is 0 Å². The monoisotopic (exact) mass is 389 g/mol. The molecular formula is C18H23N5O3S. The molecule has 1 amide bonds. The van der Waals surface area contributed by atoms with Crippen molar-refractivity contribution in [2.45, 2.75) is 50.4 Å². The number of carbonyl (C=O) groups is 1. The van der Waals surface area contributed by atoms with Gasteiger partial charge in [-0.3, -0.25) is 4.79 Å². The van der Waals surface area contributed by atoms with E-state index in [1.54, 1.807) is 4.68 Å². The van der Waals surface area contributed by atoms with Crippen LogP contribution in [0.15, 0.2) is 23.4 Å². The van der Waals surface area contributed by atoms with Crippen LogP contribution in [0.2, 0.25) is 0 Å². The molecule has 1 saturated heterocycles. The van der Waals surface area contributed by atoms with Gasteiger partial charge in [-0.05, 0) is 55.7 Å². The average Bonchev–Trinajstić information content (AvgIpc) is 3.14. The minimum atomic E-state index is 0.136. The zero-order valence-electron chi connectivity index (χ0n) is 15.5. The van der Waals surface area contributed by atoms with E-state index in [1.165, 1.54) is 18.2 Å². The summed E-state index contributed by atoms with van der Waals surface area (Å²) in [6.45, 7) is 5.32. The Balaban J connectivity index is 1.47. The highest BCUT2D eigenvalue weighted by Crippen LogP contribution is 2.33. The van der Waals surface area contributed by atoms with Crippen molar-refractivity contribution in [3.8, 4) is 17.2 Å². The molecule has 2 aliphatic heterocycles. The van der Waals surface area contributed by atoms with Gasteiger partial charge in [0.15, 0.2) is 11.5 Å². The number of aromatic nitrogens is 4. The Hall–Kier alpha value is -2.29. The second-order valence-electron chi connectivity index (χ2n) is 6.92. The van der Waals surface area contributed by atoms with Crippen LogP contribution in [0.3, 0.4) is 0 Å². The number of hydrogen-bond donors (Lipinski definition) is 0. The minimum absolute atomic E-state index is 0.136. The predicted octanol–water partition coefficient (Wildman–Crippen LogP) is 2.32. The Bertz CT molecular complexity index is 817. The largest absolute Gasteiger partial charge is 0.486 e. The van der Waals surface area contributed by atoms with Crippen LogP contribution in [0.1, 0.15) is 33.1 Å². The zero-order valence-corrected chi connectivity index (χ0v) is 16.3. The number of rotatable bonds is 4. The van der Waals surface area contributed by atoms with E-state index >= 15 is 0 Å². The molecule has 1 fully saturated rings. The third-order valence-electron chi connectivity index (χ3n) is 5.02. The fraction of sp³-hybridized carbons (Fsp3) is 0.556. The van der Waals surface area contributed by atoms with Gasteiger partial charge in [-0.25, -0.2) is 0 Å². The van der Waals surface area contributed by atoms with Crippen molar-refractivity contribution in [1.29, 1.82) is 0 Å². The number of benzene rings is 1. The van der Waals surface area contributed by atoms with Gasteiger partial charge in [0.2, 0.25) is 11.1 Å². The maximum Gasteiger partial charge on any atom is 0.233 e. The Kier molecular flexibility index (Phi) is 5.20. The standard InChI is InChI=1S/C18H23N5O3S/c1-12-4-3-5-13(2)22(12)17(24)11-27-18-19-20-21-23(18)14-6-7-15-16(10-14)26-9-8-25-15/h6-7,10,12-13H,3-5,8-9,11H2,1-2H3. The van der Waals surface area contributed by atoms with Gasteiger partial charge >= 0.3 is 0 Å². The third-order valence-corrected chi connectivity index (χ3v) is 5.92. The van der Waals surface area contributed by atoms with E-state index in [2.05, 4.69) is 29.4 Å². The van der Waals surface area contributed by atoms with Gasteiger partial charge in [0.1, 0.15) is 13.2 Å². The molecule has 0 bridgehead atoms. The van der Waals surface area contributed by atoms with E-state index in [0.29, 0.717) is 29.9 Å². The van der Waals surface area contributed by atoms with Gasteiger partial charge in [-0.2, -0.15) is 4.68 Å². The van der Waals surface area contributed by atoms with Gasteiger partial charge < -0.3 is 14.4 Å². The number of carbonyl (C=O) groups excluding carboxylic acids is 1. The lowest BCUT2D eigenvalue weighted by Gasteiger charge is -2.39. The third kappa shape index (κ3) is 3.73. The molecule has 3 heterocycles. The first-order chi connectivity index (χ1) is 13.1. The average molecular weight is 389 g/mol. The number of tetrazole rings is 1. The molecule has 0 spiro atoms. The minimum Gasteiger partial charge on any atom is -0.486 e. The van der Waals surface area contributed by atoms with Crippen LogP contribution < -0.4 is 9.47 Å². The summed E-state index contributed by atoms with van der Waals surface area (Å²) in [5.41, 5.74) is 0.777. The van der Waals surface area contributed by atoms with Crippen molar-refractivity contribution >= 4 is 17.7 Å². The molecule has 1 aromatic heterocycles. The molecule has 0 aliphatic carbocycles. The molecule has 27 heavy (non-hydrogen) atoms. The number of ether oxygens (including phenoxy) is 2. The summed E-state index contributed by atoms with van der Waals surface area (Å²) in [6, 6.07) is 6.16. The highest BCUT2D eigenvalue weighted by molar-refractivity contribution is 7.99. The molecule has 4 rings (SSSR count). The van der Waals surface area contributed by atoms with Gasteiger partial charge in [0, 0.05) is 18.2 Å². The SMILES string of the molecule is CC1CCCC(C)N1C(=O)CSc1nnnn1-c1ccc2c(c1)OCCO2. The Morgan fingerprint density at radius 3 is 2.70 bits per heavy atom. The van der Waals surface area contributed by atoms with Crippen molar-refractivity contribution in [2.75, 3.05) is 19.0 Å². The molecule has 0 N–H and O–H groups in total. The van der Waals surface area contributed by atoms with Crippen molar-refractivity contribution in [2.24, 2.45) is 0 Å². The van der Waals surface area contributed by atoms with Crippen LogP contribution in [-0.4, -0.2) is 62.1 Å². The van der Waals surface area contributed by atoms with E-state index in [-0.39, 0.29) is 18.0 Å². The first kappa shape index (κ1) is 18.1. The normalized spacial score (nSPS) is 21.9. The quantitative estimate of drug-likeness (QED) is 0.742. The number of nitrogens with zero attached hydrogens (tertiary/aromatic N) is 5. The summed E-state index contributed by atoms with van der Waals surface area (Å²) in [5.74, 6) is 1.85. The number of amides is 1. The number of thioether (sulfide) groups is 1. The molecule has 9 heteroatoms. The maximum absolute atomic E-state index is 12.7. The smallest absolute Gasteiger partial charge is 0.233 e. The lowest BCUT2D eigenvalue weighted by molar-refractivity contribution is -0.134. The number of likely N-dealkylation sites (tertiary alicyclic amines) is 1. The lowest BCUT2D eigenvalue weighted by atomic mass is 9.98. The van der Waals surface area contributed by atoms with Crippen molar-refractivity contribution in [1.82, 2.24) is 25.1 Å². The van der Waals surface area contributed by atoms with Crippen molar-refractivity contribution in [3.63, 3.8) is 0 Å². The second kappa shape index (κ2) is 7.75. The topological polar surface area (TPSA) is 82.4 Å². The predicted molar refractivity (Wildman–Crippen MR) is 100 cm³/mol. The van der Waals surface area contributed by atoms with Crippen LogP contribution in [0.25, 0.3) is 5.69 Å². The van der Waals surface area contributed by atoms with Crippen LogP contribution >= 0.6 is 11.8 Å². The summed E-state index contributed by atoms with van der Waals surface area (Å²) in [7, 11) is 0. The summed E-state index contributed by atoms with van der Waals surface area (Å²) in [6.07, 6.45) is 3.31. The fourth-order valence-electron chi connectivity index (χ4n) is 3.71. The Labute approximate surface area is 162 Å². The fourth-order valence-corrected chi connectivity index (χ4v) is 4.47. The highest BCUT2D eigenvalue weighted by Gasteiger charge is 2.29. The first-order valence-electron chi connectivity index (χ1n) is 9.26. The first-order valence-corrected chi connectivity index (χ1v) is 10.2. The van der Waals surface area contributed by atoms with Crippen LogP contribution in [0.5, 0.6) is 11.5 Å². The molecule has 2 aromatic rings. The summed E-state index contributed by atoms with van der Waals surface area (Å²) < 4.78 is 12.8. The molecule has 8 nitrogen and oxygen atoms in total. The summed E-state index contributed by atoms with van der Waals surface area (Å²) in [4.78, 5) is 14.8. The summed E-state index contributed by atoms with van der Waals surface area (Å²) >= 11 is 1.36. The van der Waals surface area contributed by atoms with Gasteiger partial charge in [-0.15, -0.1) is 5.10 Å². The molecule has 1 aromatic carbocycles. The van der Waals surface area contributed by atoms with Crippen LogP contribution in [0.4, 0.5) is 0 Å². The molecule has 144 valence electrons. The van der Waals surface area contributed by atoms with Gasteiger partial charge in [-0.1, -0.05) is 11.8 Å². The summed E-state index contributed by atoms with van der Waals surface area (Å²) in [5, 5.41) is 12.5. The van der Waals surface area contributed by atoms with Crippen molar-refractivity contribution < 1.29 is 14.3 Å². The van der Waals surface area contributed by atoms with E-state index in [0.717, 1.165) is 24.3 Å². The van der Waals surface area contributed by atoms with E-state index in [9.17, 15) is 4.79 Å². The molecule has 2 aliphatic rings. The second-order valence-corrected chi connectivity index (χ2v) is 7.86. The number of hydrogen-bond acceptors (Lipinski definition) is 7. The Morgan fingerprint density at radius 2 is 1.93 bits per heavy atom. The molecular weight excluding hydrogens is 366 g/mol. The van der Waals surface area contributed by atoms with Gasteiger partial charge in [0.05, 0.1) is 11.4 Å². The molecule has 0 saturated carbocycles. The van der Waals surface area contributed by atoms with Gasteiger partial charge in [0.25, 0.3) is 0 Å². The van der Waals surface area contributed by atoms with Crippen LogP contribution in [-0.2, 0) is 4.79 Å². The molecule has 2 atom stereocenters. The van der Waals surface area contributed by atoms with Crippen molar-refractivity contribution in [3.05, 3.63) is 18.2 Å². The van der Waals surface area contributed by atoms with E-state index in [4.69, 9.17) is 9.47 Å². The maximum atomic E-state index is 12.7. The molecule has 2 unspecified atom stereocenters. The van der Waals surface area contributed by atoms with E-state index < -0.39 is 0 Å².